The summed E-state index contributed by atoms with van der Waals surface area (Å²) < 4.78 is 0. The van der Waals surface area contributed by atoms with Gasteiger partial charge >= 0.3 is 0 Å². The van der Waals surface area contributed by atoms with Crippen molar-refractivity contribution in [1.29, 1.82) is 0 Å². The van der Waals surface area contributed by atoms with Crippen molar-refractivity contribution in [3.8, 4) is 44.5 Å². The van der Waals surface area contributed by atoms with Crippen LogP contribution in [0.4, 0.5) is 56.9 Å². The van der Waals surface area contributed by atoms with E-state index in [4.69, 9.17) is 0 Å². The van der Waals surface area contributed by atoms with E-state index in [1.807, 2.05) is 24.3 Å². The van der Waals surface area contributed by atoms with Gasteiger partial charge in [-0.2, -0.15) is 0 Å². The monoisotopic (exact) mass is 1660 g/mol. The van der Waals surface area contributed by atoms with Crippen molar-refractivity contribution in [1.82, 2.24) is 0 Å². The van der Waals surface area contributed by atoms with Crippen LogP contribution >= 0.6 is 0 Å². The maximum atomic E-state index is 2.40. The molecule has 0 aliphatic heterocycles. The maximum Gasteiger partial charge on any atom is 0.0540 e. The first-order valence-electron chi connectivity index (χ1n) is 44.8. The predicted octanol–water partition coefficient (Wildman–Crippen LogP) is 35.5. The Balaban J connectivity index is 0.000000114. The zero-order chi connectivity index (χ0) is 86.5. The highest BCUT2D eigenvalue weighted by Gasteiger charge is 2.32. The summed E-state index contributed by atoms with van der Waals surface area (Å²) in [5, 5.41) is 31.5. The van der Waals surface area contributed by atoms with E-state index in [-0.39, 0.29) is 0 Å². The molecule has 612 valence electrons. The molecule has 0 saturated heterocycles. The van der Waals surface area contributed by atoms with E-state index >= 15 is 0 Å². The lowest BCUT2D eigenvalue weighted by Gasteiger charge is -2.27. The third kappa shape index (κ3) is 13.4. The molecule has 0 aliphatic carbocycles. The van der Waals surface area contributed by atoms with Gasteiger partial charge in [-0.1, -0.05) is 388 Å². The predicted molar refractivity (Wildman–Crippen MR) is 561 cm³/mol. The topological polar surface area (TPSA) is 13.0 Å². The molecule has 26 rings (SSSR count). The van der Waals surface area contributed by atoms with Crippen LogP contribution in [0.25, 0.3) is 174 Å². The minimum atomic E-state index is 1.14. The van der Waals surface area contributed by atoms with E-state index in [1.54, 1.807) is 0 Å². The van der Waals surface area contributed by atoms with E-state index in [1.165, 1.54) is 208 Å². The van der Waals surface area contributed by atoms with Gasteiger partial charge in [0.05, 0.1) is 11.4 Å². The first-order chi connectivity index (χ1) is 64.5. The largest absolute Gasteiger partial charge is 0.345 e. The molecule has 0 spiro atoms. The smallest absolute Gasteiger partial charge is 0.0540 e. The van der Waals surface area contributed by atoms with E-state index in [0.29, 0.717) is 0 Å². The Hall–Kier alpha value is -16.9. The van der Waals surface area contributed by atoms with Crippen LogP contribution in [0.5, 0.6) is 0 Å². The summed E-state index contributed by atoms with van der Waals surface area (Å²) in [5.74, 6) is 0. The summed E-state index contributed by atoms with van der Waals surface area (Å²) in [6.07, 6.45) is 0. The number of rotatable bonds is 14. The SMILES string of the molecule is CN(c1ccccc1)c1ccccc1.CN(c1ccccc1)c1ccccc1.c1ccc(-c2c3c4cccc5cccc(c3c(-c3ccccc3)c3c6ccc(N(c7ccccc7)c7ccccc7)c7cccc(c23)c76)c54)cc1.c1ccc(-c2c3c4cccc5cccc(c3c(-c3ccccc3)c3c6ccc(N(c7ccccc7)c7ccccc7)c7cccc(c23)c76)c54)cc1. The lowest BCUT2D eigenvalue weighted by atomic mass is 9.87. The Morgan fingerprint density at radius 3 is 0.508 bits per heavy atom. The van der Waals surface area contributed by atoms with Gasteiger partial charge in [-0.3, -0.25) is 0 Å². The summed E-state index contributed by atoms with van der Waals surface area (Å²) in [6.45, 7) is 0. The van der Waals surface area contributed by atoms with Crippen molar-refractivity contribution in [2.24, 2.45) is 0 Å². The zero-order valence-electron chi connectivity index (χ0n) is 72.1. The fourth-order valence-corrected chi connectivity index (χ4v) is 20.8. The van der Waals surface area contributed by atoms with E-state index in [2.05, 4.69) is 507 Å². The van der Waals surface area contributed by atoms with Gasteiger partial charge in [-0.05, 0) is 272 Å². The molecule has 4 nitrogen and oxygen atoms in total. The fraction of sp³-hybridized carbons (Fsp3) is 0.0159. The molecule has 0 atom stereocenters. The number of para-hydroxylation sites is 8. The molecule has 0 heterocycles. The van der Waals surface area contributed by atoms with Crippen molar-refractivity contribution in [3.63, 3.8) is 0 Å². The molecule has 0 radical (unpaired) electrons. The Kier molecular flexibility index (Phi) is 20.1. The van der Waals surface area contributed by atoms with Crippen LogP contribution in [-0.2, 0) is 0 Å². The van der Waals surface area contributed by atoms with Gasteiger partial charge in [0.2, 0.25) is 0 Å². The number of hydrogen-bond donors (Lipinski definition) is 0. The minimum Gasteiger partial charge on any atom is -0.345 e. The van der Waals surface area contributed by atoms with Crippen LogP contribution in [0.2, 0.25) is 0 Å². The number of nitrogens with zero attached hydrogens (tertiary/aromatic N) is 4. The van der Waals surface area contributed by atoms with Crippen LogP contribution in [-0.4, -0.2) is 14.1 Å². The van der Waals surface area contributed by atoms with E-state index in [9.17, 15) is 0 Å². The second-order valence-corrected chi connectivity index (χ2v) is 33.6. The van der Waals surface area contributed by atoms with Crippen LogP contribution in [0.1, 0.15) is 0 Å². The highest BCUT2D eigenvalue weighted by Crippen LogP contribution is 2.60. The third-order valence-electron chi connectivity index (χ3n) is 26.4. The molecular weight excluding hydrogens is 1570 g/mol. The number of anilines is 10. The average Bonchev–Trinajstić information content (AvgIpc) is 1.52. The Morgan fingerprint density at radius 2 is 0.292 bits per heavy atom. The van der Waals surface area contributed by atoms with Gasteiger partial charge in [-0.15, -0.1) is 0 Å². The summed E-state index contributed by atoms with van der Waals surface area (Å²) >= 11 is 0. The quantitative estimate of drug-likeness (QED) is 0.108. The van der Waals surface area contributed by atoms with Crippen molar-refractivity contribution >= 4 is 186 Å². The van der Waals surface area contributed by atoms with Gasteiger partial charge in [0.15, 0.2) is 0 Å². The molecule has 0 fully saturated rings. The van der Waals surface area contributed by atoms with Gasteiger partial charge in [-0.25, -0.2) is 0 Å². The second kappa shape index (κ2) is 33.5. The number of fused-ring (bicyclic) bond motifs is 12. The third-order valence-corrected chi connectivity index (χ3v) is 26.4. The normalized spacial score (nSPS) is 11.5. The molecular formula is C126H88N4. The lowest BCUT2D eigenvalue weighted by molar-refractivity contribution is 1.21. The molecule has 0 saturated carbocycles. The molecule has 0 N–H and O–H groups in total. The summed E-state index contributed by atoms with van der Waals surface area (Å²) in [7, 11) is 4.15. The standard InChI is InChI=1S/2C50H31N.2C13H13N/c2*1-5-16-33(17-6-1)44-47-38-27-13-20-32-21-14-28-39(43(32)38)48(47)45(34-18-7-2-8-19-34)50-41-30-31-42(37-26-15-29-40(46(37)41)49(44)50)51(35-22-9-3-10-23-35)36-24-11-4-12-25-36;2*1-14(12-8-4-2-5-9-12)13-10-6-3-7-11-13/h2*1-31H;2*2-11H,1H3. The number of hydrogen-bond acceptors (Lipinski definition) is 4. The summed E-state index contributed by atoms with van der Waals surface area (Å²) in [5.41, 5.74) is 22.0. The van der Waals surface area contributed by atoms with Crippen molar-refractivity contribution in [2.45, 2.75) is 0 Å². The van der Waals surface area contributed by atoms with Gasteiger partial charge in [0, 0.05) is 70.4 Å². The number of benzene rings is 22. The van der Waals surface area contributed by atoms with Crippen LogP contribution < -0.4 is 19.6 Å². The van der Waals surface area contributed by atoms with Crippen molar-refractivity contribution < 1.29 is 0 Å². The molecule has 0 bridgehead atoms. The molecule has 26 aromatic carbocycles. The second-order valence-electron chi connectivity index (χ2n) is 33.6. The molecule has 0 aliphatic rings. The molecule has 0 aromatic heterocycles. The van der Waals surface area contributed by atoms with Crippen LogP contribution in [0.3, 0.4) is 0 Å². The molecule has 0 unspecified atom stereocenters. The van der Waals surface area contributed by atoms with E-state index in [0.717, 1.165) is 22.7 Å². The summed E-state index contributed by atoms with van der Waals surface area (Å²) in [6, 6.07) is 179. The highest BCUT2D eigenvalue weighted by molar-refractivity contribution is 6.49. The highest BCUT2D eigenvalue weighted by atomic mass is 15.2. The first-order valence-corrected chi connectivity index (χ1v) is 44.8. The Morgan fingerprint density at radius 1 is 0.123 bits per heavy atom. The Bertz CT molecular complexity index is 7570. The fourth-order valence-electron chi connectivity index (χ4n) is 20.8. The van der Waals surface area contributed by atoms with Gasteiger partial charge in [0.1, 0.15) is 0 Å². The lowest BCUT2D eigenvalue weighted by Crippen LogP contribution is -2.10. The van der Waals surface area contributed by atoms with Crippen LogP contribution in [0.15, 0.2) is 497 Å². The molecule has 4 heteroatoms. The molecule has 26 aromatic rings. The summed E-state index contributed by atoms with van der Waals surface area (Å²) in [4.78, 5) is 9.14. The molecule has 130 heavy (non-hydrogen) atoms. The Labute approximate surface area is 756 Å². The first kappa shape index (κ1) is 77.9. The van der Waals surface area contributed by atoms with E-state index < -0.39 is 0 Å². The molecule has 0 amide bonds. The van der Waals surface area contributed by atoms with Crippen LogP contribution in [0, 0.1) is 0 Å². The van der Waals surface area contributed by atoms with Crippen molar-refractivity contribution in [3.05, 3.63) is 497 Å². The van der Waals surface area contributed by atoms with Gasteiger partial charge < -0.3 is 19.6 Å². The zero-order valence-corrected chi connectivity index (χ0v) is 72.1. The maximum absolute atomic E-state index is 2.40. The minimum absolute atomic E-state index is 1.14. The van der Waals surface area contributed by atoms with Gasteiger partial charge in [0.25, 0.3) is 0 Å². The average molecular weight is 1660 g/mol. The van der Waals surface area contributed by atoms with Crippen molar-refractivity contribution in [2.75, 3.05) is 33.7 Å².